The summed E-state index contributed by atoms with van der Waals surface area (Å²) >= 11 is 0. The van der Waals surface area contributed by atoms with E-state index in [2.05, 4.69) is 54.2 Å². The monoisotopic (exact) mass is 449 g/mol. The first-order chi connectivity index (χ1) is 15.9. The molecule has 1 aliphatic heterocycles. The van der Waals surface area contributed by atoms with E-state index >= 15 is 0 Å². The summed E-state index contributed by atoms with van der Waals surface area (Å²) in [5.41, 5.74) is 10.5. The number of nitrogens with zero attached hydrogens (tertiary/aromatic N) is 2. The number of oxime groups is 1. The van der Waals surface area contributed by atoms with Crippen molar-refractivity contribution < 1.29 is 14.4 Å². The lowest BCUT2D eigenvalue weighted by atomic mass is 9.89. The second-order valence-corrected chi connectivity index (χ2v) is 8.52. The van der Waals surface area contributed by atoms with Gasteiger partial charge < -0.3 is 19.9 Å². The number of aryl methyl sites for hydroxylation is 2. The van der Waals surface area contributed by atoms with Crippen molar-refractivity contribution in [3.05, 3.63) is 65.4 Å². The predicted molar refractivity (Wildman–Crippen MR) is 134 cm³/mol. The number of nitrogens with two attached hydrogens (primary N) is 1. The van der Waals surface area contributed by atoms with E-state index in [4.69, 9.17) is 15.3 Å². The van der Waals surface area contributed by atoms with Gasteiger partial charge in [-0.3, -0.25) is 4.79 Å². The first-order valence-corrected chi connectivity index (χ1v) is 11.7. The number of hydrogen-bond acceptors (Lipinski definition) is 4. The van der Waals surface area contributed by atoms with Crippen LogP contribution in [0, 0.1) is 0 Å². The molecule has 0 fully saturated rings. The molecule has 6 nitrogen and oxygen atoms in total. The number of fused-ring (bicyclic) bond motifs is 1. The Morgan fingerprint density at radius 2 is 1.94 bits per heavy atom. The van der Waals surface area contributed by atoms with Crippen LogP contribution in [-0.4, -0.2) is 28.9 Å². The van der Waals surface area contributed by atoms with Crippen molar-refractivity contribution >= 4 is 22.5 Å². The second-order valence-electron chi connectivity index (χ2n) is 8.52. The molecule has 0 spiro atoms. The maximum Gasteiger partial charge on any atom is 0.252 e. The topological polar surface area (TPSA) is 78.8 Å². The van der Waals surface area contributed by atoms with Gasteiger partial charge in [0.2, 0.25) is 0 Å². The fourth-order valence-electron chi connectivity index (χ4n) is 4.30. The summed E-state index contributed by atoms with van der Waals surface area (Å²) in [4.78, 5) is 16.9. The van der Waals surface area contributed by atoms with Crippen molar-refractivity contribution in [3.8, 4) is 5.75 Å². The fraction of sp³-hybridized carbons (Fsp3) is 0.407. The SMILES string of the molecule is CCCOc1ccc(C2C(C)=NOC2C)cc1C(N)=O.CCCc1cn(C)c2ccccc12. The van der Waals surface area contributed by atoms with Gasteiger partial charge in [-0.2, -0.15) is 0 Å². The molecule has 2 N–H and O–H groups in total. The van der Waals surface area contributed by atoms with Crippen LogP contribution in [0.25, 0.3) is 10.9 Å². The normalized spacial score (nSPS) is 17.2. The van der Waals surface area contributed by atoms with Gasteiger partial charge in [0.05, 0.1) is 23.8 Å². The van der Waals surface area contributed by atoms with Gasteiger partial charge in [-0.1, -0.05) is 49.7 Å². The van der Waals surface area contributed by atoms with Crippen LogP contribution in [0.4, 0.5) is 0 Å². The molecule has 1 aliphatic rings. The van der Waals surface area contributed by atoms with Crippen LogP contribution >= 0.6 is 0 Å². The third-order valence-electron chi connectivity index (χ3n) is 5.87. The number of benzene rings is 2. The first-order valence-electron chi connectivity index (χ1n) is 11.7. The highest BCUT2D eigenvalue weighted by molar-refractivity contribution is 5.97. The quantitative estimate of drug-likeness (QED) is 0.511. The Hall–Kier alpha value is -3.28. The lowest BCUT2D eigenvalue weighted by Gasteiger charge is -2.16. The Morgan fingerprint density at radius 3 is 2.58 bits per heavy atom. The number of hydrogen-bond donors (Lipinski definition) is 1. The molecule has 2 atom stereocenters. The Bertz CT molecular complexity index is 1130. The Kier molecular flexibility index (Phi) is 8.15. The molecule has 3 aromatic rings. The minimum atomic E-state index is -0.487. The molecule has 0 saturated heterocycles. The minimum Gasteiger partial charge on any atom is -0.493 e. The van der Waals surface area contributed by atoms with E-state index in [0.717, 1.165) is 17.7 Å². The molecule has 2 heterocycles. The number of carbonyl (C=O) groups is 1. The Morgan fingerprint density at radius 1 is 1.18 bits per heavy atom. The lowest BCUT2D eigenvalue weighted by molar-refractivity contribution is 0.0903. The van der Waals surface area contributed by atoms with Crippen LogP contribution in [0.5, 0.6) is 5.75 Å². The van der Waals surface area contributed by atoms with Crippen LogP contribution in [0.1, 0.15) is 67.9 Å². The van der Waals surface area contributed by atoms with Crippen LogP contribution in [-0.2, 0) is 18.3 Å². The van der Waals surface area contributed by atoms with Crippen molar-refractivity contribution in [2.24, 2.45) is 17.9 Å². The van der Waals surface area contributed by atoms with E-state index in [-0.39, 0.29) is 12.0 Å². The Balaban J connectivity index is 0.000000203. The van der Waals surface area contributed by atoms with Gasteiger partial charge in [-0.15, -0.1) is 0 Å². The number of primary amides is 1. The van der Waals surface area contributed by atoms with Crippen molar-refractivity contribution in [2.75, 3.05) is 6.61 Å². The predicted octanol–water partition coefficient (Wildman–Crippen LogP) is 5.58. The smallest absolute Gasteiger partial charge is 0.252 e. The zero-order valence-corrected chi connectivity index (χ0v) is 20.3. The molecule has 176 valence electrons. The van der Waals surface area contributed by atoms with Gasteiger partial charge in [0.15, 0.2) is 0 Å². The molecule has 2 aromatic carbocycles. The van der Waals surface area contributed by atoms with Gasteiger partial charge in [0.1, 0.15) is 11.9 Å². The third kappa shape index (κ3) is 5.56. The summed E-state index contributed by atoms with van der Waals surface area (Å²) in [5.74, 6) is 0.0942. The van der Waals surface area contributed by atoms with Crippen LogP contribution < -0.4 is 10.5 Å². The molecule has 1 aromatic heterocycles. The summed E-state index contributed by atoms with van der Waals surface area (Å²) in [5, 5.41) is 5.40. The number of amides is 1. The summed E-state index contributed by atoms with van der Waals surface area (Å²) in [6.07, 6.45) is 5.47. The van der Waals surface area contributed by atoms with Crippen molar-refractivity contribution in [1.82, 2.24) is 4.57 Å². The number of aromatic nitrogens is 1. The zero-order valence-electron chi connectivity index (χ0n) is 20.3. The standard InChI is InChI=1S/C15H20N2O3.C12H15N/c1-4-7-19-13-6-5-11(8-12(13)15(16)18)14-9(2)17-20-10(14)3;1-3-6-10-9-13(2)12-8-5-4-7-11(10)12/h5-6,8,10,14H,4,7H2,1-3H3,(H2,16,18);4-5,7-9H,3,6H2,1-2H3. The molecule has 1 amide bonds. The average molecular weight is 450 g/mol. The highest BCUT2D eigenvalue weighted by Crippen LogP contribution is 2.32. The maximum atomic E-state index is 11.6. The van der Waals surface area contributed by atoms with Gasteiger partial charge >= 0.3 is 0 Å². The van der Waals surface area contributed by atoms with Crippen molar-refractivity contribution in [1.29, 1.82) is 0 Å². The molecule has 4 rings (SSSR count). The summed E-state index contributed by atoms with van der Waals surface area (Å²) < 4.78 is 7.77. The van der Waals surface area contributed by atoms with E-state index in [9.17, 15) is 4.79 Å². The van der Waals surface area contributed by atoms with Gasteiger partial charge in [0, 0.05) is 24.1 Å². The second kappa shape index (κ2) is 11.0. The van der Waals surface area contributed by atoms with E-state index in [1.807, 2.05) is 26.8 Å². The van der Waals surface area contributed by atoms with Crippen LogP contribution in [0.2, 0.25) is 0 Å². The van der Waals surface area contributed by atoms with E-state index < -0.39 is 5.91 Å². The fourth-order valence-corrected chi connectivity index (χ4v) is 4.30. The molecule has 0 aliphatic carbocycles. The highest BCUT2D eigenvalue weighted by atomic mass is 16.6. The van der Waals surface area contributed by atoms with E-state index in [0.29, 0.717) is 17.9 Å². The van der Waals surface area contributed by atoms with Crippen molar-refractivity contribution in [2.45, 2.75) is 59.0 Å². The molecule has 6 heteroatoms. The number of carbonyl (C=O) groups excluding carboxylic acids is 1. The summed E-state index contributed by atoms with van der Waals surface area (Å²) in [6, 6.07) is 14.1. The van der Waals surface area contributed by atoms with E-state index in [1.165, 1.54) is 29.3 Å². The zero-order chi connectivity index (χ0) is 24.0. The maximum absolute atomic E-state index is 11.6. The third-order valence-corrected chi connectivity index (χ3v) is 5.87. The molecular weight excluding hydrogens is 414 g/mol. The minimum absolute atomic E-state index is 0.0434. The Labute approximate surface area is 196 Å². The molecule has 33 heavy (non-hydrogen) atoms. The molecule has 0 radical (unpaired) electrons. The van der Waals surface area contributed by atoms with Crippen molar-refractivity contribution in [3.63, 3.8) is 0 Å². The van der Waals surface area contributed by atoms with Gasteiger partial charge in [-0.25, -0.2) is 0 Å². The van der Waals surface area contributed by atoms with Crippen LogP contribution in [0.15, 0.2) is 53.8 Å². The number of para-hydroxylation sites is 1. The highest BCUT2D eigenvalue weighted by Gasteiger charge is 2.30. The number of ether oxygens (including phenoxy) is 1. The average Bonchev–Trinajstić information content (AvgIpc) is 3.31. The lowest BCUT2D eigenvalue weighted by Crippen LogP contribution is -2.19. The molecule has 0 bridgehead atoms. The van der Waals surface area contributed by atoms with Gasteiger partial charge in [0.25, 0.3) is 5.91 Å². The molecule has 2 unspecified atom stereocenters. The van der Waals surface area contributed by atoms with Crippen LogP contribution in [0.3, 0.4) is 0 Å². The summed E-state index contributed by atoms with van der Waals surface area (Å²) in [7, 11) is 2.11. The summed E-state index contributed by atoms with van der Waals surface area (Å²) in [6.45, 7) is 8.66. The molecular formula is C27H35N3O3. The van der Waals surface area contributed by atoms with Gasteiger partial charge in [-0.05, 0) is 56.0 Å². The first kappa shape index (κ1) is 24.4. The number of rotatable bonds is 7. The largest absolute Gasteiger partial charge is 0.493 e. The van der Waals surface area contributed by atoms with E-state index in [1.54, 1.807) is 12.1 Å². The molecule has 0 saturated carbocycles.